The van der Waals surface area contributed by atoms with Crippen molar-refractivity contribution in [2.24, 2.45) is 0 Å². The van der Waals surface area contributed by atoms with E-state index in [1.807, 2.05) is 0 Å². The number of nitrogens with zero attached hydrogens (tertiary/aromatic N) is 1. The van der Waals surface area contributed by atoms with Gasteiger partial charge in [-0.15, -0.1) is 6.58 Å². The van der Waals surface area contributed by atoms with Crippen molar-refractivity contribution in [1.82, 2.24) is 4.90 Å². The number of ketones is 1. The summed E-state index contributed by atoms with van der Waals surface area (Å²) < 4.78 is 11.7. The molecule has 0 aromatic rings. The summed E-state index contributed by atoms with van der Waals surface area (Å²) in [6, 6.07) is -0.742. The molecule has 0 aliphatic carbocycles. The number of amides is 1. The maximum Gasteiger partial charge on any atom is 0.411 e. The molecule has 0 unspecified atom stereocenters. The van der Waals surface area contributed by atoms with Crippen LogP contribution in [-0.2, 0) is 14.0 Å². The van der Waals surface area contributed by atoms with Gasteiger partial charge in [-0.05, 0) is 51.9 Å². The minimum absolute atomic E-state index is 0.0103. The van der Waals surface area contributed by atoms with E-state index in [-0.39, 0.29) is 24.0 Å². The Labute approximate surface area is 160 Å². The van der Waals surface area contributed by atoms with E-state index in [1.54, 1.807) is 39.8 Å². The molecular weight excluding hydrogens is 346 g/mol. The third kappa shape index (κ3) is 7.87. The van der Waals surface area contributed by atoms with Gasteiger partial charge in [-0.3, -0.25) is 9.69 Å². The lowest BCUT2D eigenvalue weighted by atomic mass is 10.1. The van der Waals surface area contributed by atoms with E-state index in [1.165, 1.54) is 11.0 Å². The maximum atomic E-state index is 12.7. The SMILES string of the molecule is C=CCN(C(=O)OC(C)(C)C)[C@H](CO[Si](C)(C)C(C)(C)C)C(=O)/C=C/C. The molecule has 0 spiro atoms. The number of carbonyl (C=O) groups excluding carboxylic acids is 2. The molecule has 0 radical (unpaired) electrons. The highest BCUT2D eigenvalue weighted by molar-refractivity contribution is 6.74. The third-order valence-corrected chi connectivity index (χ3v) is 8.90. The summed E-state index contributed by atoms with van der Waals surface area (Å²) in [5.74, 6) is -0.182. The van der Waals surface area contributed by atoms with Crippen LogP contribution in [0.15, 0.2) is 24.8 Å². The second-order valence-electron chi connectivity index (χ2n) is 8.91. The van der Waals surface area contributed by atoms with Crippen LogP contribution in [0.1, 0.15) is 48.5 Å². The minimum atomic E-state index is -2.07. The Morgan fingerprint density at radius 2 is 1.69 bits per heavy atom. The molecule has 0 heterocycles. The highest BCUT2D eigenvalue weighted by atomic mass is 28.4. The van der Waals surface area contributed by atoms with Crippen LogP contribution in [0, 0.1) is 0 Å². The Morgan fingerprint density at radius 3 is 2.08 bits per heavy atom. The van der Waals surface area contributed by atoms with Crippen molar-refractivity contribution in [2.75, 3.05) is 13.2 Å². The molecule has 150 valence electrons. The summed E-state index contributed by atoms with van der Waals surface area (Å²) in [6.07, 6.45) is 4.19. The van der Waals surface area contributed by atoms with Crippen LogP contribution in [0.25, 0.3) is 0 Å². The molecule has 0 rings (SSSR count). The molecule has 0 N–H and O–H groups in total. The maximum absolute atomic E-state index is 12.7. The summed E-state index contributed by atoms with van der Waals surface area (Å²) in [6.45, 7) is 21.9. The fourth-order valence-electron chi connectivity index (χ4n) is 1.89. The molecule has 0 aromatic carbocycles. The number of ether oxygens (including phenoxy) is 1. The quantitative estimate of drug-likeness (QED) is 0.338. The van der Waals surface area contributed by atoms with Gasteiger partial charge in [-0.25, -0.2) is 4.79 Å². The second kappa shape index (κ2) is 9.51. The highest BCUT2D eigenvalue weighted by Crippen LogP contribution is 2.36. The summed E-state index contributed by atoms with van der Waals surface area (Å²) in [4.78, 5) is 26.7. The van der Waals surface area contributed by atoms with Crippen LogP contribution in [0.4, 0.5) is 4.79 Å². The van der Waals surface area contributed by atoms with Gasteiger partial charge < -0.3 is 9.16 Å². The molecule has 0 aromatic heterocycles. The average Bonchev–Trinajstić information content (AvgIpc) is 2.43. The highest BCUT2D eigenvalue weighted by Gasteiger charge is 2.39. The van der Waals surface area contributed by atoms with Gasteiger partial charge in [0.05, 0.1) is 6.61 Å². The van der Waals surface area contributed by atoms with Crippen molar-refractivity contribution < 1.29 is 18.8 Å². The van der Waals surface area contributed by atoms with Gasteiger partial charge in [0.15, 0.2) is 14.1 Å². The van der Waals surface area contributed by atoms with Crippen molar-refractivity contribution >= 4 is 20.2 Å². The summed E-state index contributed by atoms with van der Waals surface area (Å²) in [5.41, 5.74) is -0.648. The Kier molecular flexibility index (Phi) is 9.00. The largest absolute Gasteiger partial charge is 0.444 e. The van der Waals surface area contributed by atoms with E-state index in [0.29, 0.717) is 0 Å². The Hall–Kier alpha value is -1.40. The monoisotopic (exact) mass is 383 g/mol. The minimum Gasteiger partial charge on any atom is -0.444 e. The predicted octanol–water partition coefficient (Wildman–Crippen LogP) is 4.95. The zero-order chi connectivity index (χ0) is 20.8. The van der Waals surface area contributed by atoms with Gasteiger partial charge in [-0.1, -0.05) is 32.9 Å². The molecule has 1 amide bonds. The zero-order valence-electron chi connectivity index (χ0n) is 18.0. The van der Waals surface area contributed by atoms with Crippen molar-refractivity contribution in [2.45, 2.75) is 78.2 Å². The number of hydrogen-bond donors (Lipinski definition) is 0. The standard InChI is InChI=1S/C20H37NO4Si/c1-11-13-17(22)16(15-24-26(9,10)20(6,7)8)21(14-12-2)18(23)25-19(3,4)5/h11-13,16H,2,14-15H2,1,3-10H3/b13-11+/t16-/m1/s1. The fourth-order valence-corrected chi connectivity index (χ4v) is 2.90. The van der Waals surface area contributed by atoms with Crippen molar-refractivity contribution in [1.29, 1.82) is 0 Å². The molecular formula is C20H37NO4Si. The molecule has 5 nitrogen and oxygen atoms in total. The average molecular weight is 384 g/mol. The lowest BCUT2D eigenvalue weighted by Crippen LogP contribution is -2.52. The second-order valence-corrected chi connectivity index (χ2v) is 13.7. The molecule has 0 aliphatic rings. The summed E-state index contributed by atoms with van der Waals surface area (Å²) >= 11 is 0. The van der Waals surface area contributed by atoms with E-state index < -0.39 is 26.1 Å². The van der Waals surface area contributed by atoms with Crippen molar-refractivity contribution in [3.63, 3.8) is 0 Å². The molecule has 0 saturated carbocycles. The van der Waals surface area contributed by atoms with Crippen molar-refractivity contribution in [3.8, 4) is 0 Å². The predicted molar refractivity (Wildman–Crippen MR) is 110 cm³/mol. The number of rotatable bonds is 8. The lowest BCUT2D eigenvalue weighted by molar-refractivity contribution is -0.120. The first-order valence-electron chi connectivity index (χ1n) is 9.07. The molecule has 1 atom stereocenters. The van der Waals surface area contributed by atoms with Gasteiger partial charge in [0.2, 0.25) is 0 Å². The van der Waals surface area contributed by atoms with Gasteiger partial charge in [0.25, 0.3) is 0 Å². The molecule has 0 bridgehead atoms. The Morgan fingerprint density at radius 1 is 1.15 bits per heavy atom. The van der Waals surface area contributed by atoms with Crippen LogP contribution in [0.2, 0.25) is 18.1 Å². The number of hydrogen-bond acceptors (Lipinski definition) is 4. The van der Waals surface area contributed by atoms with Gasteiger partial charge in [-0.2, -0.15) is 0 Å². The molecule has 0 saturated heterocycles. The first-order valence-corrected chi connectivity index (χ1v) is 12.0. The normalized spacial score (nSPS) is 14.2. The van der Waals surface area contributed by atoms with Crippen LogP contribution in [0.3, 0.4) is 0 Å². The molecule has 0 fully saturated rings. The lowest BCUT2D eigenvalue weighted by Gasteiger charge is -2.39. The Bertz CT molecular complexity index is 527. The van der Waals surface area contributed by atoms with E-state index in [4.69, 9.17) is 9.16 Å². The van der Waals surface area contributed by atoms with E-state index in [0.717, 1.165) is 0 Å². The topological polar surface area (TPSA) is 55.8 Å². The van der Waals surface area contributed by atoms with E-state index in [2.05, 4.69) is 40.4 Å². The molecule has 26 heavy (non-hydrogen) atoms. The Balaban J connectivity index is 5.63. The van der Waals surface area contributed by atoms with E-state index >= 15 is 0 Å². The number of allylic oxidation sites excluding steroid dienone is 1. The third-order valence-electron chi connectivity index (χ3n) is 4.40. The van der Waals surface area contributed by atoms with Crippen LogP contribution in [0.5, 0.6) is 0 Å². The summed E-state index contributed by atoms with van der Waals surface area (Å²) in [7, 11) is -2.07. The molecule has 6 heteroatoms. The van der Waals surface area contributed by atoms with Crippen LogP contribution >= 0.6 is 0 Å². The smallest absolute Gasteiger partial charge is 0.411 e. The van der Waals surface area contributed by atoms with Crippen LogP contribution < -0.4 is 0 Å². The van der Waals surface area contributed by atoms with Gasteiger partial charge >= 0.3 is 6.09 Å². The molecule has 0 aliphatic heterocycles. The fraction of sp³-hybridized carbons (Fsp3) is 0.700. The van der Waals surface area contributed by atoms with Gasteiger partial charge in [0.1, 0.15) is 11.6 Å². The summed E-state index contributed by atoms with van der Waals surface area (Å²) in [5, 5.41) is 0.0103. The van der Waals surface area contributed by atoms with Crippen LogP contribution in [-0.4, -0.2) is 49.9 Å². The van der Waals surface area contributed by atoms with Crippen molar-refractivity contribution in [3.05, 3.63) is 24.8 Å². The zero-order valence-corrected chi connectivity index (χ0v) is 19.0. The van der Waals surface area contributed by atoms with E-state index in [9.17, 15) is 9.59 Å². The first kappa shape index (κ1) is 24.6. The first-order chi connectivity index (χ1) is 11.7. The number of carbonyl (C=O) groups is 2. The van der Waals surface area contributed by atoms with Gasteiger partial charge in [0, 0.05) is 6.54 Å².